The van der Waals surface area contributed by atoms with Crippen LogP contribution in [0.5, 0.6) is 0 Å². The summed E-state index contributed by atoms with van der Waals surface area (Å²) in [5.74, 6) is -0.171. The number of nitrogens with zero attached hydrogens (tertiary/aromatic N) is 2. The molecule has 0 aromatic rings. The monoisotopic (exact) mass is 266 g/mol. The molecule has 2 saturated heterocycles. The van der Waals surface area contributed by atoms with E-state index >= 15 is 0 Å². The van der Waals surface area contributed by atoms with Gasteiger partial charge in [0, 0.05) is 25.2 Å². The van der Waals surface area contributed by atoms with Crippen LogP contribution in [0.15, 0.2) is 0 Å². The molecule has 1 unspecified atom stereocenters. The Morgan fingerprint density at radius 1 is 1.26 bits per heavy atom. The van der Waals surface area contributed by atoms with Crippen LogP contribution in [0, 0.1) is 6.42 Å². The van der Waals surface area contributed by atoms with Gasteiger partial charge in [0.1, 0.15) is 0 Å². The van der Waals surface area contributed by atoms with Crippen molar-refractivity contribution in [1.82, 2.24) is 9.80 Å². The van der Waals surface area contributed by atoms with Gasteiger partial charge in [-0.25, -0.2) is 0 Å². The van der Waals surface area contributed by atoms with Crippen LogP contribution in [0.2, 0.25) is 0 Å². The van der Waals surface area contributed by atoms with Crippen LogP contribution < -0.4 is 5.73 Å². The predicted molar refractivity (Wildman–Crippen MR) is 77.6 cm³/mol. The zero-order chi connectivity index (χ0) is 13.8. The molecule has 2 aliphatic rings. The maximum absolute atomic E-state index is 11.5. The second kappa shape index (κ2) is 6.71. The minimum atomic E-state index is -0.171. The van der Waals surface area contributed by atoms with Gasteiger partial charge in [0.2, 0.25) is 5.91 Å². The lowest BCUT2D eigenvalue weighted by molar-refractivity contribution is -0.124. The van der Waals surface area contributed by atoms with E-state index in [1.807, 2.05) is 0 Å². The molecule has 2 rings (SSSR count). The Morgan fingerprint density at radius 3 is 2.58 bits per heavy atom. The molecular weight excluding hydrogens is 238 g/mol. The third kappa shape index (κ3) is 3.69. The summed E-state index contributed by atoms with van der Waals surface area (Å²) in [5, 5.41) is 0. The van der Waals surface area contributed by atoms with Gasteiger partial charge in [-0.3, -0.25) is 14.6 Å². The molecule has 4 nitrogen and oxygen atoms in total. The van der Waals surface area contributed by atoms with E-state index in [9.17, 15) is 4.79 Å². The van der Waals surface area contributed by atoms with Crippen molar-refractivity contribution in [2.75, 3.05) is 19.6 Å². The molecule has 3 atom stereocenters. The first-order valence-electron chi connectivity index (χ1n) is 7.70. The summed E-state index contributed by atoms with van der Waals surface area (Å²) < 4.78 is 0. The summed E-state index contributed by atoms with van der Waals surface area (Å²) in [4.78, 5) is 16.4. The van der Waals surface area contributed by atoms with E-state index in [4.69, 9.17) is 5.73 Å². The summed E-state index contributed by atoms with van der Waals surface area (Å²) >= 11 is 0. The molecule has 0 aliphatic carbocycles. The smallest absolute Gasteiger partial charge is 0.234 e. The molecule has 1 amide bonds. The Balaban J connectivity index is 1.87. The van der Waals surface area contributed by atoms with Crippen LogP contribution in [-0.2, 0) is 4.79 Å². The first kappa shape index (κ1) is 14.8. The van der Waals surface area contributed by atoms with Gasteiger partial charge in [-0.2, -0.15) is 0 Å². The van der Waals surface area contributed by atoms with Crippen LogP contribution >= 0.6 is 0 Å². The van der Waals surface area contributed by atoms with E-state index in [1.165, 1.54) is 19.3 Å². The quantitative estimate of drug-likeness (QED) is 0.837. The number of likely N-dealkylation sites (tertiary alicyclic amines) is 2. The largest absolute Gasteiger partial charge is 0.368 e. The van der Waals surface area contributed by atoms with E-state index in [-0.39, 0.29) is 11.9 Å². The van der Waals surface area contributed by atoms with Crippen molar-refractivity contribution in [2.45, 2.75) is 64.1 Å². The normalized spacial score (nSPS) is 34.3. The standard InChI is InChI=1S/C15H28N3O/c1-12-6-5-7-13(2)18(12)11-10-17-9-4-3-8-14(17)15(16)19/h3,12-14H,4-11H2,1-2H3,(H2,16,19)/t12-,13+,14?. The van der Waals surface area contributed by atoms with E-state index in [0.717, 1.165) is 32.5 Å². The number of amides is 1. The molecule has 2 N–H and O–H groups in total. The van der Waals surface area contributed by atoms with Crippen molar-refractivity contribution < 1.29 is 4.79 Å². The second-order valence-electron chi connectivity index (χ2n) is 6.13. The average Bonchev–Trinajstić information content (AvgIpc) is 2.38. The predicted octanol–water partition coefficient (Wildman–Crippen LogP) is 1.40. The summed E-state index contributed by atoms with van der Waals surface area (Å²) in [6, 6.07) is 1.27. The van der Waals surface area contributed by atoms with Crippen LogP contribution in [-0.4, -0.2) is 53.5 Å². The summed E-state index contributed by atoms with van der Waals surface area (Å²) in [7, 11) is 0. The third-order valence-electron chi connectivity index (χ3n) is 4.80. The zero-order valence-electron chi connectivity index (χ0n) is 12.3. The number of piperidine rings is 2. The Hall–Kier alpha value is -0.610. The molecule has 0 aromatic carbocycles. The fourth-order valence-electron chi connectivity index (χ4n) is 3.56. The van der Waals surface area contributed by atoms with Crippen molar-refractivity contribution in [2.24, 2.45) is 5.73 Å². The molecule has 1 radical (unpaired) electrons. The Morgan fingerprint density at radius 2 is 1.95 bits per heavy atom. The van der Waals surface area contributed by atoms with Crippen molar-refractivity contribution in [3.8, 4) is 0 Å². The number of hydrogen-bond acceptors (Lipinski definition) is 3. The third-order valence-corrected chi connectivity index (χ3v) is 4.80. The lowest BCUT2D eigenvalue weighted by atomic mass is 9.97. The van der Waals surface area contributed by atoms with Gasteiger partial charge in [0.25, 0.3) is 0 Å². The maximum Gasteiger partial charge on any atom is 0.234 e. The van der Waals surface area contributed by atoms with E-state index in [2.05, 4.69) is 30.1 Å². The van der Waals surface area contributed by atoms with Crippen LogP contribution in [0.4, 0.5) is 0 Å². The van der Waals surface area contributed by atoms with Gasteiger partial charge in [-0.05, 0) is 52.5 Å². The van der Waals surface area contributed by atoms with E-state index in [1.54, 1.807) is 0 Å². The van der Waals surface area contributed by atoms with Gasteiger partial charge >= 0.3 is 0 Å². The van der Waals surface area contributed by atoms with Crippen molar-refractivity contribution in [3.05, 3.63) is 6.42 Å². The first-order valence-corrected chi connectivity index (χ1v) is 7.70. The molecule has 0 saturated carbocycles. The molecule has 2 heterocycles. The Kier molecular flexibility index (Phi) is 5.22. The van der Waals surface area contributed by atoms with Crippen LogP contribution in [0.25, 0.3) is 0 Å². The van der Waals surface area contributed by atoms with Crippen LogP contribution in [0.3, 0.4) is 0 Å². The zero-order valence-corrected chi connectivity index (χ0v) is 12.3. The lowest BCUT2D eigenvalue weighted by Crippen LogP contribution is -2.52. The van der Waals surface area contributed by atoms with Gasteiger partial charge < -0.3 is 5.73 Å². The highest BCUT2D eigenvalue weighted by molar-refractivity contribution is 5.80. The van der Waals surface area contributed by atoms with Gasteiger partial charge in [0.05, 0.1) is 6.04 Å². The SMILES string of the molecule is C[C@@H]1CCC[C@H](C)N1CCN1CC[CH]CC1C(N)=O. The minimum Gasteiger partial charge on any atom is -0.368 e. The Labute approximate surface area is 117 Å². The Bertz CT molecular complexity index is 298. The maximum atomic E-state index is 11.5. The average molecular weight is 266 g/mol. The van der Waals surface area contributed by atoms with E-state index in [0.29, 0.717) is 12.1 Å². The minimum absolute atomic E-state index is 0.0795. The fourth-order valence-corrected chi connectivity index (χ4v) is 3.56. The lowest BCUT2D eigenvalue weighted by Gasteiger charge is -2.41. The van der Waals surface area contributed by atoms with Crippen molar-refractivity contribution in [1.29, 1.82) is 0 Å². The summed E-state index contributed by atoms with van der Waals surface area (Å²) in [6.45, 7) is 7.66. The topological polar surface area (TPSA) is 49.6 Å². The highest BCUT2D eigenvalue weighted by Crippen LogP contribution is 2.23. The van der Waals surface area contributed by atoms with Gasteiger partial charge in [-0.1, -0.05) is 6.42 Å². The summed E-state index contributed by atoms with van der Waals surface area (Å²) in [6.07, 6.45) is 8.05. The van der Waals surface area contributed by atoms with E-state index < -0.39 is 0 Å². The molecule has 4 heteroatoms. The number of hydrogen-bond donors (Lipinski definition) is 1. The molecule has 0 spiro atoms. The van der Waals surface area contributed by atoms with Gasteiger partial charge in [-0.15, -0.1) is 0 Å². The molecular formula is C15H28N3O. The second-order valence-corrected chi connectivity index (χ2v) is 6.13. The molecule has 2 fully saturated rings. The van der Waals surface area contributed by atoms with Crippen LogP contribution in [0.1, 0.15) is 46.0 Å². The number of primary amides is 1. The number of nitrogens with two attached hydrogens (primary N) is 1. The fraction of sp³-hybridized carbons (Fsp3) is 0.867. The molecule has 109 valence electrons. The summed E-state index contributed by atoms with van der Waals surface area (Å²) in [5.41, 5.74) is 5.51. The first-order chi connectivity index (χ1) is 9.09. The number of carbonyl (C=O) groups excluding carboxylic acids is 1. The highest BCUT2D eigenvalue weighted by atomic mass is 16.1. The molecule has 0 aromatic heterocycles. The molecule has 19 heavy (non-hydrogen) atoms. The molecule has 0 bridgehead atoms. The van der Waals surface area contributed by atoms with Crippen molar-refractivity contribution in [3.63, 3.8) is 0 Å². The number of rotatable bonds is 4. The van der Waals surface area contributed by atoms with Gasteiger partial charge in [0.15, 0.2) is 0 Å². The highest BCUT2D eigenvalue weighted by Gasteiger charge is 2.29. The van der Waals surface area contributed by atoms with Crippen molar-refractivity contribution >= 4 is 5.91 Å². The molecule has 2 aliphatic heterocycles. The number of carbonyl (C=O) groups is 1.